The number of rotatable bonds is 5. The fourth-order valence-corrected chi connectivity index (χ4v) is 2.65. The minimum absolute atomic E-state index is 0.0306. The number of halogens is 5. The van der Waals surface area contributed by atoms with Crippen LogP contribution in [-0.2, 0) is 20.0 Å². The summed E-state index contributed by atoms with van der Waals surface area (Å²) in [4.78, 5) is 36.0. The Morgan fingerprint density at radius 2 is 2.06 bits per heavy atom. The summed E-state index contributed by atoms with van der Waals surface area (Å²) >= 11 is 3.26. The molecule has 0 saturated carbocycles. The minimum atomic E-state index is -3.37. The van der Waals surface area contributed by atoms with Crippen LogP contribution in [0.25, 0.3) is 0 Å². The number of ether oxygens (including phenoxy) is 1. The smallest absolute Gasteiger partial charge is 0.385 e. The number of hydrogen-bond donors (Lipinski definition) is 2. The van der Waals surface area contributed by atoms with Crippen molar-refractivity contribution in [2.24, 2.45) is 10.7 Å². The van der Waals surface area contributed by atoms with Gasteiger partial charge in [-0.15, -0.1) is 0 Å². The molecule has 1 amide bonds. The second kappa shape index (κ2) is 11.5. The summed E-state index contributed by atoms with van der Waals surface area (Å²) in [5, 5.41) is 2.64. The number of aromatic nitrogens is 2. The second-order valence-corrected chi connectivity index (χ2v) is 7.10. The number of amides is 1. The summed E-state index contributed by atoms with van der Waals surface area (Å²) in [6.45, 7) is -0.622. The maximum Gasteiger partial charge on any atom is 0.414 e. The van der Waals surface area contributed by atoms with Crippen molar-refractivity contribution >= 4 is 39.5 Å². The summed E-state index contributed by atoms with van der Waals surface area (Å²) in [7, 11) is 0. The molecule has 0 bridgehead atoms. The Hall–Kier alpha value is -3.13. The Labute approximate surface area is 187 Å². The first-order valence-electron chi connectivity index (χ1n) is 8.69. The van der Waals surface area contributed by atoms with Crippen LogP contribution in [0.5, 0.6) is 0 Å². The van der Waals surface area contributed by atoms with Gasteiger partial charge in [-0.2, -0.15) is 8.78 Å². The largest absolute Gasteiger partial charge is 0.414 e. The first kappa shape index (κ1) is 25.1. The lowest BCUT2D eigenvalue weighted by atomic mass is 9.97. The molecule has 3 heterocycles. The lowest BCUT2D eigenvalue weighted by molar-refractivity contribution is -0.196. The van der Waals surface area contributed by atoms with Crippen LogP contribution >= 0.6 is 15.9 Å². The number of hydrogen-bond acceptors (Lipinski definition) is 8. The van der Waals surface area contributed by atoms with E-state index in [1.165, 1.54) is 6.20 Å². The van der Waals surface area contributed by atoms with Crippen molar-refractivity contribution in [1.29, 1.82) is 0 Å². The van der Waals surface area contributed by atoms with E-state index in [1.807, 2.05) is 0 Å². The number of amidine groups is 1. The molecule has 0 spiro atoms. The van der Waals surface area contributed by atoms with E-state index in [9.17, 15) is 22.5 Å². The molecular weight excluding hydrogens is 506 g/mol. The lowest BCUT2D eigenvalue weighted by Gasteiger charge is -2.30. The number of nitrogens with one attached hydrogen (secondary N) is 1. The average molecular weight is 522 g/mol. The fourth-order valence-electron chi connectivity index (χ4n) is 2.42. The molecular formula is C18H16BrF4N5O4. The standard InChI is InChI=1S/C16H15BrFN5O2.C2HF3O2/c17-10-4-5-11(20-6-10)15(24)22-14-3-1-2-12(21-14)16(8-18)9-25-7-13(19)23-16;3-1(4)2(6)7-5/h1-6H,7-9H2,(H2,19,23)(H,21,22,24);1H. The molecule has 0 aromatic carbocycles. The molecule has 1 aliphatic heterocycles. The van der Waals surface area contributed by atoms with Crippen LogP contribution in [0.3, 0.4) is 0 Å². The van der Waals surface area contributed by atoms with Gasteiger partial charge in [0, 0.05) is 15.2 Å². The molecule has 3 N–H and O–H groups in total. The molecule has 2 aromatic rings. The number of carbonyl (C=O) groups excluding carboxylic acids is 2. The van der Waals surface area contributed by atoms with E-state index < -0.39 is 30.5 Å². The topological polar surface area (TPSA) is 129 Å². The first-order valence-corrected chi connectivity index (χ1v) is 9.49. The number of alkyl halides is 3. The van der Waals surface area contributed by atoms with E-state index in [-0.39, 0.29) is 30.6 Å². The highest BCUT2D eigenvalue weighted by Gasteiger charge is 2.37. The monoisotopic (exact) mass is 521 g/mol. The molecule has 172 valence electrons. The SMILES string of the molecule is NC1=NC(CF)(c2cccc(NC(=O)c3ccc(Br)cn3)n2)COC1.O=C(OF)C(F)F. The number of nitrogens with two attached hydrogens (primary N) is 1. The fraction of sp³-hybridized carbons (Fsp3) is 0.278. The van der Waals surface area contributed by atoms with Crippen molar-refractivity contribution in [3.63, 3.8) is 0 Å². The van der Waals surface area contributed by atoms with Crippen LogP contribution in [0, 0.1) is 0 Å². The predicted molar refractivity (Wildman–Crippen MR) is 107 cm³/mol. The Morgan fingerprint density at radius 3 is 2.59 bits per heavy atom. The van der Waals surface area contributed by atoms with Gasteiger partial charge in [-0.25, -0.2) is 24.1 Å². The molecule has 0 fully saturated rings. The Morgan fingerprint density at radius 1 is 1.31 bits per heavy atom. The number of carbonyl (C=O) groups is 2. The molecule has 1 aliphatic rings. The van der Waals surface area contributed by atoms with Gasteiger partial charge in [-0.1, -0.05) is 6.07 Å². The first-order chi connectivity index (χ1) is 15.2. The van der Waals surface area contributed by atoms with Crippen molar-refractivity contribution < 1.29 is 37.0 Å². The van der Waals surface area contributed by atoms with Gasteiger partial charge in [0.15, 0.2) is 5.54 Å². The van der Waals surface area contributed by atoms with E-state index in [4.69, 9.17) is 15.3 Å². The van der Waals surface area contributed by atoms with Gasteiger partial charge in [0.1, 0.15) is 30.6 Å². The van der Waals surface area contributed by atoms with Crippen LogP contribution in [0.15, 0.2) is 46.0 Å². The molecule has 1 unspecified atom stereocenters. The number of nitrogens with zero attached hydrogens (tertiary/aromatic N) is 3. The predicted octanol–water partition coefficient (Wildman–Crippen LogP) is 2.72. The molecule has 14 heteroatoms. The maximum absolute atomic E-state index is 13.7. The summed E-state index contributed by atoms with van der Waals surface area (Å²) in [6, 6.07) is 8.17. The van der Waals surface area contributed by atoms with E-state index >= 15 is 0 Å². The van der Waals surface area contributed by atoms with E-state index in [0.717, 1.165) is 4.47 Å². The normalized spacial score (nSPS) is 17.6. The van der Waals surface area contributed by atoms with E-state index in [1.54, 1.807) is 30.3 Å². The Balaban J connectivity index is 0.000000451. The highest BCUT2D eigenvalue weighted by atomic mass is 79.9. The summed E-state index contributed by atoms with van der Waals surface area (Å²) < 4.78 is 51.5. The zero-order valence-corrected chi connectivity index (χ0v) is 17.7. The second-order valence-electron chi connectivity index (χ2n) is 6.18. The summed E-state index contributed by atoms with van der Waals surface area (Å²) in [5.74, 6) is -2.10. The third-order valence-corrected chi connectivity index (χ3v) is 4.32. The Kier molecular flexibility index (Phi) is 9.02. The minimum Gasteiger partial charge on any atom is -0.385 e. The van der Waals surface area contributed by atoms with Gasteiger partial charge < -0.3 is 15.8 Å². The van der Waals surface area contributed by atoms with Crippen molar-refractivity contribution in [1.82, 2.24) is 9.97 Å². The zero-order valence-electron chi connectivity index (χ0n) is 16.1. The lowest BCUT2D eigenvalue weighted by Crippen LogP contribution is -2.42. The molecule has 0 radical (unpaired) electrons. The third kappa shape index (κ3) is 6.68. The van der Waals surface area contributed by atoms with Gasteiger partial charge in [0.2, 0.25) is 0 Å². The number of anilines is 1. The zero-order chi connectivity index (χ0) is 23.7. The molecule has 32 heavy (non-hydrogen) atoms. The molecule has 2 aromatic heterocycles. The van der Waals surface area contributed by atoms with Gasteiger partial charge in [0.25, 0.3) is 5.91 Å². The van der Waals surface area contributed by atoms with Gasteiger partial charge in [-0.3, -0.25) is 9.79 Å². The van der Waals surface area contributed by atoms with Gasteiger partial charge in [0.05, 0.1) is 12.3 Å². The van der Waals surface area contributed by atoms with E-state index in [0.29, 0.717) is 5.69 Å². The van der Waals surface area contributed by atoms with E-state index in [2.05, 4.69) is 41.1 Å². The summed E-state index contributed by atoms with van der Waals surface area (Å²) in [6.07, 6.45) is -1.85. The van der Waals surface area contributed by atoms with Gasteiger partial charge >= 0.3 is 12.4 Å². The maximum atomic E-state index is 13.7. The molecule has 9 nitrogen and oxygen atoms in total. The van der Waals surface area contributed by atoms with Crippen molar-refractivity contribution in [3.8, 4) is 0 Å². The quantitative estimate of drug-likeness (QED) is 0.578. The third-order valence-electron chi connectivity index (χ3n) is 3.85. The number of pyridine rings is 2. The van der Waals surface area contributed by atoms with Crippen molar-refractivity contribution in [2.75, 3.05) is 25.2 Å². The van der Waals surface area contributed by atoms with Crippen LogP contribution in [0.1, 0.15) is 16.2 Å². The van der Waals surface area contributed by atoms with Crippen molar-refractivity contribution in [3.05, 3.63) is 52.4 Å². The highest BCUT2D eigenvalue weighted by Crippen LogP contribution is 2.29. The van der Waals surface area contributed by atoms with Crippen LogP contribution in [-0.4, -0.2) is 54.0 Å². The highest BCUT2D eigenvalue weighted by molar-refractivity contribution is 9.10. The van der Waals surface area contributed by atoms with Crippen LogP contribution in [0.2, 0.25) is 0 Å². The molecule has 0 aliphatic carbocycles. The van der Waals surface area contributed by atoms with Crippen LogP contribution < -0.4 is 11.1 Å². The van der Waals surface area contributed by atoms with Gasteiger partial charge in [-0.05, 0) is 40.2 Å². The van der Waals surface area contributed by atoms with Crippen LogP contribution in [0.4, 0.5) is 23.5 Å². The number of aliphatic imine (C=N–C) groups is 1. The average Bonchev–Trinajstić information content (AvgIpc) is 2.79. The summed E-state index contributed by atoms with van der Waals surface area (Å²) in [5.41, 5.74) is 4.95. The molecule has 3 rings (SSSR count). The van der Waals surface area contributed by atoms with Crippen molar-refractivity contribution in [2.45, 2.75) is 12.0 Å². The Bertz CT molecular complexity index is 980. The molecule has 1 atom stereocenters. The molecule has 0 saturated heterocycles.